The van der Waals surface area contributed by atoms with Gasteiger partial charge < -0.3 is 15.0 Å². The van der Waals surface area contributed by atoms with Gasteiger partial charge >= 0.3 is 0 Å². The Morgan fingerprint density at radius 1 is 1.40 bits per heavy atom. The Labute approximate surface area is 121 Å². The number of hydrogen-bond donors (Lipinski definition) is 1. The van der Waals surface area contributed by atoms with E-state index in [1.807, 2.05) is 13.1 Å². The first-order chi connectivity index (χ1) is 9.70. The molecule has 2 rings (SSSR count). The smallest absolute Gasteiger partial charge is 0.234 e. The van der Waals surface area contributed by atoms with Crippen LogP contribution in [-0.2, 0) is 0 Å². The molecule has 1 saturated heterocycles. The number of rotatable bonds is 6. The van der Waals surface area contributed by atoms with Crippen LogP contribution in [0, 0.1) is 0 Å². The molecule has 5 heteroatoms. The molecule has 0 bridgehead atoms. The second kappa shape index (κ2) is 7.43. The summed E-state index contributed by atoms with van der Waals surface area (Å²) in [7, 11) is 0. The Balaban J connectivity index is 2.08. The highest BCUT2D eigenvalue weighted by Gasteiger charge is 2.24. The van der Waals surface area contributed by atoms with Crippen LogP contribution in [0.15, 0.2) is 12.4 Å². The highest BCUT2D eigenvalue weighted by atomic mass is 16.5. The molecule has 1 aromatic heterocycles. The van der Waals surface area contributed by atoms with Crippen molar-refractivity contribution in [1.82, 2.24) is 15.3 Å². The summed E-state index contributed by atoms with van der Waals surface area (Å²) < 4.78 is 5.45. The molecule has 0 spiro atoms. The third kappa shape index (κ3) is 4.07. The first-order valence-electron chi connectivity index (χ1n) is 7.65. The average Bonchev–Trinajstić information content (AvgIpc) is 2.46. The van der Waals surface area contributed by atoms with E-state index in [4.69, 9.17) is 4.74 Å². The minimum absolute atomic E-state index is 0.498. The predicted octanol–water partition coefficient (Wildman–Crippen LogP) is 2.23. The van der Waals surface area contributed by atoms with Gasteiger partial charge in [0, 0.05) is 25.2 Å². The fourth-order valence-corrected chi connectivity index (χ4v) is 2.58. The summed E-state index contributed by atoms with van der Waals surface area (Å²) in [6.45, 7) is 9.00. The lowest BCUT2D eigenvalue weighted by Gasteiger charge is -2.37. The van der Waals surface area contributed by atoms with E-state index in [-0.39, 0.29) is 0 Å². The van der Waals surface area contributed by atoms with Crippen molar-refractivity contribution in [3.05, 3.63) is 12.4 Å². The van der Waals surface area contributed by atoms with Crippen molar-refractivity contribution in [2.75, 3.05) is 24.6 Å². The molecule has 1 aromatic rings. The van der Waals surface area contributed by atoms with Crippen LogP contribution in [-0.4, -0.2) is 41.7 Å². The fourth-order valence-electron chi connectivity index (χ4n) is 2.58. The molecule has 0 aliphatic carbocycles. The Hall–Kier alpha value is -1.36. The van der Waals surface area contributed by atoms with Gasteiger partial charge in [0.15, 0.2) is 5.82 Å². The van der Waals surface area contributed by atoms with Gasteiger partial charge in [-0.3, -0.25) is 4.98 Å². The van der Waals surface area contributed by atoms with Crippen molar-refractivity contribution in [1.29, 1.82) is 0 Å². The minimum atomic E-state index is 0.498. The zero-order valence-corrected chi connectivity index (χ0v) is 12.8. The SMILES string of the molecule is CCOc1cncc(N2CCCCC2CNC(C)C)n1. The van der Waals surface area contributed by atoms with Crippen molar-refractivity contribution >= 4 is 5.82 Å². The number of ether oxygens (including phenoxy) is 1. The normalized spacial score (nSPS) is 19.4. The summed E-state index contributed by atoms with van der Waals surface area (Å²) in [5, 5.41) is 3.53. The maximum Gasteiger partial charge on any atom is 0.234 e. The lowest BCUT2D eigenvalue weighted by atomic mass is 10.0. The summed E-state index contributed by atoms with van der Waals surface area (Å²) in [5.41, 5.74) is 0. The van der Waals surface area contributed by atoms with Crippen LogP contribution in [0.2, 0.25) is 0 Å². The van der Waals surface area contributed by atoms with Gasteiger partial charge in [-0.25, -0.2) is 0 Å². The third-order valence-electron chi connectivity index (χ3n) is 3.58. The van der Waals surface area contributed by atoms with E-state index in [0.717, 1.165) is 18.9 Å². The zero-order valence-electron chi connectivity index (χ0n) is 12.8. The minimum Gasteiger partial charge on any atom is -0.477 e. The monoisotopic (exact) mass is 278 g/mol. The van der Waals surface area contributed by atoms with E-state index in [1.54, 1.807) is 6.20 Å². The second-order valence-electron chi connectivity index (χ2n) is 5.55. The number of anilines is 1. The summed E-state index contributed by atoms with van der Waals surface area (Å²) in [4.78, 5) is 11.2. The standard InChI is InChI=1S/C15H26N4O/c1-4-20-15-11-16-10-14(18-15)19-8-6-5-7-13(19)9-17-12(2)3/h10-13,17H,4-9H2,1-3H3. The lowest BCUT2D eigenvalue weighted by Crippen LogP contribution is -2.47. The van der Waals surface area contributed by atoms with E-state index in [1.165, 1.54) is 19.3 Å². The molecular weight excluding hydrogens is 252 g/mol. The number of nitrogens with one attached hydrogen (secondary N) is 1. The zero-order chi connectivity index (χ0) is 14.4. The van der Waals surface area contributed by atoms with E-state index in [0.29, 0.717) is 24.6 Å². The van der Waals surface area contributed by atoms with Crippen molar-refractivity contribution in [2.45, 2.75) is 52.1 Å². The fraction of sp³-hybridized carbons (Fsp3) is 0.733. The molecule has 0 radical (unpaired) electrons. The van der Waals surface area contributed by atoms with Crippen molar-refractivity contribution in [3.8, 4) is 5.88 Å². The van der Waals surface area contributed by atoms with E-state index in [2.05, 4.69) is 34.0 Å². The Kier molecular flexibility index (Phi) is 5.59. The molecule has 0 aromatic carbocycles. The molecule has 1 aliphatic heterocycles. The molecule has 1 atom stereocenters. The predicted molar refractivity (Wildman–Crippen MR) is 81.3 cm³/mol. The van der Waals surface area contributed by atoms with Gasteiger partial charge in [0.25, 0.3) is 0 Å². The van der Waals surface area contributed by atoms with E-state index < -0.39 is 0 Å². The average molecular weight is 278 g/mol. The van der Waals surface area contributed by atoms with Gasteiger partial charge in [-0.05, 0) is 26.2 Å². The Morgan fingerprint density at radius 2 is 2.25 bits per heavy atom. The molecule has 1 N–H and O–H groups in total. The van der Waals surface area contributed by atoms with E-state index in [9.17, 15) is 0 Å². The maximum atomic E-state index is 5.45. The van der Waals surface area contributed by atoms with Crippen LogP contribution in [0.5, 0.6) is 5.88 Å². The highest BCUT2D eigenvalue weighted by molar-refractivity contribution is 5.39. The summed E-state index contributed by atoms with van der Waals surface area (Å²) in [6, 6.07) is 1.01. The molecule has 1 aliphatic rings. The molecule has 112 valence electrons. The topological polar surface area (TPSA) is 50.3 Å². The Morgan fingerprint density at radius 3 is 3.00 bits per heavy atom. The summed E-state index contributed by atoms with van der Waals surface area (Å²) in [5.74, 6) is 1.55. The first kappa shape index (κ1) is 15.0. The first-order valence-corrected chi connectivity index (χ1v) is 7.65. The van der Waals surface area contributed by atoms with Crippen LogP contribution < -0.4 is 15.0 Å². The molecule has 5 nitrogen and oxygen atoms in total. The van der Waals surface area contributed by atoms with Crippen LogP contribution in [0.1, 0.15) is 40.0 Å². The molecule has 1 unspecified atom stereocenters. The lowest BCUT2D eigenvalue weighted by molar-refractivity contribution is 0.324. The molecule has 0 amide bonds. The van der Waals surface area contributed by atoms with Gasteiger partial charge in [-0.15, -0.1) is 0 Å². The number of piperidine rings is 1. The maximum absolute atomic E-state index is 5.45. The quantitative estimate of drug-likeness (QED) is 0.865. The summed E-state index contributed by atoms with van der Waals surface area (Å²) in [6.07, 6.45) is 7.24. The largest absolute Gasteiger partial charge is 0.477 e. The number of hydrogen-bond acceptors (Lipinski definition) is 5. The number of nitrogens with zero attached hydrogens (tertiary/aromatic N) is 3. The van der Waals surface area contributed by atoms with Gasteiger partial charge in [-0.2, -0.15) is 4.98 Å². The van der Waals surface area contributed by atoms with Crippen LogP contribution in [0.4, 0.5) is 5.82 Å². The third-order valence-corrected chi connectivity index (χ3v) is 3.58. The molecule has 1 fully saturated rings. The van der Waals surface area contributed by atoms with Gasteiger partial charge in [-0.1, -0.05) is 13.8 Å². The molecule has 20 heavy (non-hydrogen) atoms. The van der Waals surface area contributed by atoms with Crippen LogP contribution in [0.25, 0.3) is 0 Å². The molecule has 2 heterocycles. The second-order valence-corrected chi connectivity index (χ2v) is 5.55. The highest BCUT2D eigenvalue weighted by Crippen LogP contribution is 2.23. The van der Waals surface area contributed by atoms with Gasteiger partial charge in [0.2, 0.25) is 5.88 Å². The van der Waals surface area contributed by atoms with Crippen LogP contribution in [0.3, 0.4) is 0 Å². The molecular formula is C15H26N4O. The summed E-state index contributed by atoms with van der Waals surface area (Å²) >= 11 is 0. The van der Waals surface area contributed by atoms with Crippen LogP contribution >= 0.6 is 0 Å². The number of aromatic nitrogens is 2. The molecule has 0 saturated carbocycles. The van der Waals surface area contributed by atoms with Crippen molar-refractivity contribution in [3.63, 3.8) is 0 Å². The van der Waals surface area contributed by atoms with Gasteiger partial charge in [0.05, 0.1) is 19.0 Å². The van der Waals surface area contributed by atoms with E-state index >= 15 is 0 Å². The van der Waals surface area contributed by atoms with Crippen molar-refractivity contribution in [2.24, 2.45) is 0 Å². The Bertz CT molecular complexity index is 411. The van der Waals surface area contributed by atoms with Crippen molar-refractivity contribution < 1.29 is 4.74 Å². The van der Waals surface area contributed by atoms with Gasteiger partial charge in [0.1, 0.15) is 0 Å².